The van der Waals surface area contributed by atoms with Crippen LogP contribution in [-0.2, 0) is 5.54 Å². The van der Waals surface area contributed by atoms with Gasteiger partial charge in [0.2, 0.25) is 0 Å². The largest absolute Gasteiger partial charge is 0.376 e. The highest BCUT2D eigenvalue weighted by atomic mass is 32.1. The third-order valence-electron chi connectivity index (χ3n) is 5.60. The number of hydrogen-bond acceptors (Lipinski definition) is 4. The summed E-state index contributed by atoms with van der Waals surface area (Å²) in [6.07, 6.45) is 1.63. The molecule has 5 nitrogen and oxygen atoms in total. The summed E-state index contributed by atoms with van der Waals surface area (Å²) in [5.41, 5.74) is 2.20. The Morgan fingerprint density at radius 2 is 1.55 bits per heavy atom. The Bertz CT molecular complexity index is 1090. The lowest BCUT2D eigenvalue weighted by Crippen LogP contribution is -2.43. The molecule has 0 bridgehead atoms. The first-order valence-corrected chi connectivity index (χ1v) is 11.5. The van der Waals surface area contributed by atoms with E-state index in [1.165, 1.54) is 11.5 Å². The second-order valence-corrected chi connectivity index (χ2v) is 9.96. The van der Waals surface area contributed by atoms with E-state index in [2.05, 4.69) is 26.1 Å². The zero-order chi connectivity index (χ0) is 22.0. The summed E-state index contributed by atoms with van der Waals surface area (Å²) in [4.78, 5) is 28.9. The maximum atomic E-state index is 13.3. The third kappa shape index (κ3) is 4.59. The van der Waals surface area contributed by atoms with Crippen molar-refractivity contribution in [3.8, 4) is 10.4 Å². The van der Waals surface area contributed by atoms with E-state index in [1.807, 2.05) is 69.5 Å². The number of likely N-dealkylation sites (tertiary alicyclic amines) is 1. The SMILES string of the molecule is CC(C)(C)n1sc(-c2ccccc2)c(NC2CCN(C(=O)c3ccccc3)CC2)c1=O. The van der Waals surface area contributed by atoms with E-state index in [-0.39, 0.29) is 23.0 Å². The zero-order valence-corrected chi connectivity index (χ0v) is 19.1. The molecule has 1 fully saturated rings. The van der Waals surface area contributed by atoms with Crippen molar-refractivity contribution in [3.63, 3.8) is 0 Å². The Morgan fingerprint density at radius 3 is 2.13 bits per heavy atom. The lowest BCUT2D eigenvalue weighted by Gasteiger charge is -2.32. The Hall–Kier alpha value is -2.86. The second kappa shape index (κ2) is 8.71. The number of carbonyl (C=O) groups excluding carboxylic acids is 1. The predicted octanol–water partition coefficient (Wildman–Crippen LogP) is 5.05. The van der Waals surface area contributed by atoms with Gasteiger partial charge in [0.05, 0.1) is 10.4 Å². The number of carbonyl (C=O) groups is 1. The average molecular weight is 436 g/mol. The van der Waals surface area contributed by atoms with Gasteiger partial charge in [0.25, 0.3) is 11.5 Å². The number of rotatable bonds is 4. The number of piperidine rings is 1. The fourth-order valence-corrected chi connectivity index (χ4v) is 5.04. The zero-order valence-electron chi connectivity index (χ0n) is 18.3. The van der Waals surface area contributed by atoms with Crippen molar-refractivity contribution in [2.45, 2.75) is 45.2 Å². The van der Waals surface area contributed by atoms with Gasteiger partial charge < -0.3 is 10.2 Å². The molecule has 31 heavy (non-hydrogen) atoms. The van der Waals surface area contributed by atoms with Gasteiger partial charge in [0.15, 0.2) is 0 Å². The predicted molar refractivity (Wildman–Crippen MR) is 128 cm³/mol. The van der Waals surface area contributed by atoms with Gasteiger partial charge in [0, 0.05) is 24.7 Å². The standard InChI is InChI=1S/C25H29N3O2S/c1-25(2,3)28-24(30)21(22(31-28)18-10-6-4-7-11-18)26-20-14-16-27(17-15-20)23(29)19-12-8-5-9-13-19/h4-13,20,26H,14-17H2,1-3H3. The van der Waals surface area contributed by atoms with Crippen LogP contribution in [-0.4, -0.2) is 33.9 Å². The van der Waals surface area contributed by atoms with Crippen LogP contribution in [0.15, 0.2) is 65.5 Å². The summed E-state index contributed by atoms with van der Waals surface area (Å²) in [5, 5.41) is 3.55. The molecule has 6 heteroatoms. The van der Waals surface area contributed by atoms with Crippen molar-refractivity contribution >= 4 is 23.1 Å². The second-order valence-electron chi connectivity index (χ2n) is 9.01. The van der Waals surface area contributed by atoms with Crippen LogP contribution in [0.4, 0.5) is 5.69 Å². The van der Waals surface area contributed by atoms with Gasteiger partial charge in [-0.15, -0.1) is 0 Å². The van der Waals surface area contributed by atoms with E-state index in [0.717, 1.165) is 28.8 Å². The van der Waals surface area contributed by atoms with Crippen LogP contribution < -0.4 is 10.9 Å². The van der Waals surface area contributed by atoms with Crippen molar-refractivity contribution < 1.29 is 4.79 Å². The van der Waals surface area contributed by atoms with Crippen LogP contribution in [0.5, 0.6) is 0 Å². The van der Waals surface area contributed by atoms with Crippen molar-refractivity contribution in [1.29, 1.82) is 0 Å². The van der Waals surface area contributed by atoms with Gasteiger partial charge in [0.1, 0.15) is 5.69 Å². The Kier molecular flexibility index (Phi) is 6.01. The maximum Gasteiger partial charge on any atom is 0.285 e. The highest BCUT2D eigenvalue weighted by Gasteiger charge is 2.28. The Morgan fingerprint density at radius 1 is 0.968 bits per heavy atom. The molecule has 0 atom stereocenters. The van der Waals surface area contributed by atoms with E-state index >= 15 is 0 Å². The molecule has 2 aromatic carbocycles. The lowest BCUT2D eigenvalue weighted by atomic mass is 10.0. The topological polar surface area (TPSA) is 54.3 Å². The van der Waals surface area contributed by atoms with Crippen LogP contribution in [0.3, 0.4) is 0 Å². The molecule has 0 radical (unpaired) electrons. The quantitative estimate of drug-likeness (QED) is 0.624. The highest BCUT2D eigenvalue weighted by molar-refractivity contribution is 7.11. The van der Waals surface area contributed by atoms with Crippen molar-refractivity contribution in [3.05, 3.63) is 76.6 Å². The van der Waals surface area contributed by atoms with Crippen molar-refractivity contribution in [1.82, 2.24) is 8.86 Å². The van der Waals surface area contributed by atoms with Gasteiger partial charge in [-0.2, -0.15) is 0 Å². The molecule has 162 valence electrons. The van der Waals surface area contributed by atoms with Crippen molar-refractivity contribution in [2.24, 2.45) is 0 Å². The Balaban J connectivity index is 1.53. The minimum atomic E-state index is -0.281. The number of aromatic nitrogens is 1. The minimum absolute atomic E-state index is 0.0270. The van der Waals surface area contributed by atoms with E-state index in [9.17, 15) is 9.59 Å². The third-order valence-corrected chi connectivity index (χ3v) is 7.12. The minimum Gasteiger partial charge on any atom is -0.376 e. The van der Waals surface area contributed by atoms with Gasteiger partial charge in [-0.3, -0.25) is 13.5 Å². The first kappa shape index (κ1) is 21.4. The molecule has 0 aliphatic carbocycles. The normalized spacial score (nSPS) is 15.1. The molecule has 3 aromatic rings. The van der Waals surface area contributed by atoms with Gasteiger partial charge in [-0.1, -0.05) is 60.1 Å². The number of hydrogen-bond donors (Lipinski definition) is 1. The van der Waals surface area contributed by atoms with E-state index in [4.69, 9.17) is 0 Å². The van der Waals surface area contributed by atoms with Crippen LogP contribution in [0.1, 0.15) is 44.0 Å². The van der Waals surface area contributed by atoms with Crippen LogP contribution in [0.2, 0.25) is 0 Å². The molecule has 0 unspecified atom stereocenters. The first-order valence-electron chi connectivity index (χ1n) is 10.8. The van der Waals surface area contributed by atoms with E-state index < -0.39 is 0 Å². The molecule has 1 aliphatic heterocycles. The molecule has 1 amide bonds. The van der Waals surface area contributed by atoms with Crippen LogP contribution >= 0.6 is 11.5 Å². The lowest BCUT2D eigenvalue weighted by molar-refractivity contribution is 0.0718. The molecule has 0 spiro atoms. The van der Waals surface area contributed by atoms with Gasteiger partial charge >= 0.3 is 0 Å². The summed E-state index contributed by atoms with van der Waals surface area (Å²) < 4.78 is 1.85. The molecule has 1 N–H and O–H groups in total. The fraction of sp³-hybridized carbons (Fsp3) is 0.360. The molecule has 1 aromatic heterocycles. The van der Waals surface area contributed by atoms with E-state index in [0.29, 0.717) is 18.8 Å². The van der Waals surface area contributed by atoms with Crippen LogP contribution in [0, 0.1) is 0 Å². The highest BCUT2D eigenvalue weighted by Crippen LogP contribution is 2.34. The smallest absolute Gasteiger partial charge is 0.285 e. The van der Waals surface area contributed by atoms with Gasteiger partial charge in [-0.05, 0) is 51.3 Å². The Labute approximate surface area is 187 Å². The van der Waals surface area contributed by atoms with Gasteiger partial charge in [-0.25, -0.2) is 0 Å². The monoisotopic (exact) mass is 435 g/mol. The number of nitrogens with one attached hydrogen (secondary N) is 1. The summed E-state index contributed by atoms with van der Waals surface area (Å²) in [6, 6.07) is 19.7. The average Bonchev–Trinajstić information content (AvgIpc) is 3.11. The molecule has 4 rings (SSSR count). The number of nitrogens with zero attached hydrogens (tertiary/aromatic N) is 2. The molecular formula is C25H29N3O2S. The molecule has 1 aliphatic rings. The van der Waals surface area contributed by atoms with Crippen molar-refractivity contribution in [2.75, 3.05) is 18.4 Å². The fourth-order valence-electron chi connectivity index (χ4n) is 3.93. The molecule has 2 heterocycles. The molecular weight excluding hydrogens is 406 g/mol. The van der Waals surface area contributed by atoms with Crippen LogP contribution in [0.25, 0.3) is 10.4 Å². The number of anilines is 1. The number of benzene rings is 2. The summed E-state index contributed by atoms with van der Waals surface area (Å²) in [6.45, 7) is 7.53. The van der Waals surface area contributed by atoms with E-state index in [1.54, 1.807) is 0 Å². The molecule has 0 saturated carbocycles. The summed E-state index contributed by atoms with van der Waals surface area (Å²) >= 11 is 1.51. The first-order chi connectivity index (χ1) is 14.8. The number of amides is 1. The summed E-state index contributed by atoms with van der Waals surface area (Å²) in [7, 11) is 0. The summed E-state index contributed by atoms with van der Waals surface area (Å²) in [5.74, 6) is 0.0784. The maximum absolute atomic E-state index is 13.3. The molecule has 1 saturated heterocycles.